The summed E-state index contributed by atoms with van der Waals surface area (Å²) in [7, 11) is -3.55. The number of nitrogens with zero attached hydrogens (tertiary/aromatic N) is 2. The molecule has 3 aromatic carbocycles. The van der Waals surface area contributed by atoms with Crippen LogP contribution in [0.4, 0.5) is 5.69 Å². The number of carbonyl (C=O) groups excluding carboxylic acids is 2. The van der Waals surface area contributed by atoms with E-state index in [0.717, 1.165) is 35.1 Å². The van der Waals surface area contributed by atoms with Gasteiger partial charge in [0.05, 0.1) is 11.9 Å². The van der Waals surface area contributed by atoms with Gasteiger partial charge in [-0.2, -0.15) is 0 Å². The van der Waals surface area contributed by atoms with Gasteiger partial charge in [-0.05, 0) is 55.5 Å². The quantitative estimate of drug-likeness (QED) is 0.245. The first-order chi connectivity index (χ1) is 19.6. The van der Waals surface area contributed by atoms with Crippen LogP contribution in [-0.4, -0.2) is 50.5 Å². The normalized spacial score (nSPS) is 12.0. The molecule has 0 unspecified atom stereocenters. The van der Waals surface area contributed by atoms with Gasteiger partial charge in [-0.1, -0.05) is 85.6 Å². The Morgan fingerprint density at radius 3 is 2.15 bits per heavy atom. The predicted octanol–water partition coefficient (Wildman–Crippen LogP) is 5.41. The molecule has 8 heteroatoms. The average Bonchev–Trinajstić information content (AvgIpc) is 2.93. The summed E-state index contributed by atoms with van der Waals surface area (Å²) in [5, 5.41) is 3.04. The zero-order chi connectivity index (χ0) is 29.8. The van der Waals surface area contributed by atoms with Crippen molar-refractivity contribution in [3.63, 3.8) is 0 Å². The van der Waals surface area contributed by atoms with Crippen LogP contribution in [0, 0.1) is 13.8 Å². The molecule has 1 N–H and O–H groups in total. The van der Waals surface area contributed by atoms with Crippen molar-refractivity contribution in [3.05, 3.63) is 101 Å². The van der Waals surface area contributed by atoms with Crippen molar-refractivity contribution < 1.29 is 18.0 Å². The number of hydrogen-bond donors (Lipinski definition) is 1. The summed E-state index contributed by atoms with van der Waals surface area (Å²) in [6.07, 6.45) is 3.80. The van der Waals surface area contributed by atoms with Gasteiger partial charge in [0.25, 0.3) is 0 Å². The van der Waals surface area contributed by atoms with E-state index in [1.807, 2.05) is 86.6 Å². The number of benzene rings is 3. The molecule has 0 aliphatic heterocycles. The third kappa shape index (κ3) is 10.0. The summed E-state index contributed by atoms with van der Waals surface area (Å²) in [5.74, 6) is -0.364. The average molecular weight is 578 g/mol. The molecule has 0 saturated heterocycles. The fourth-order valence-electron chi connectivity index (χ4n) is 4.85. The Morgan fingerprint density at radius 1 is 0.854 bits per heavy atom. The summed E-state index contributed by atoms with van der Waals surface area (Å²) in [6, 6.07) is 24.3. The van der Waals surface area contributed by atoms with Crippen LogP contribution in [0.1, 0.15) is 54.9 Å². The smallest absolute Gasteiger partial charge is 0.243 e. The maximum absolute atomic E-state index is 13.9. The molecular weight excluding hydrogens is 534 g/mol. The lowest BCUT2D eigenvalue weighted by Gasteiger charge is -2.32. The van der Waals surface area contributed by atoms with Gasteiger partial charge < -0.3 is 10.2 Å². The zero-order valence-electron chi connectivity index (χ0n) is 24.7. The number of hydrogen-bond acceptors (Lipinski definition) is 4. The summed E-state index contributed by atoms with van der Waals surface area (Å²) in [5.41, 5.74) is 4.51. The molecule has 41 heavy (non-hydrogen) atoms. The molecule has 1 atom stereocenters. The Morgan fingerprint density at radius 2 is 1.51 bits per heavy atom. The van der Waals surface area contributed by atoms with Gasteiger partial charge in [-0.25, -0.2) is 8.42 Å². The highest BCUT2D eigenvalue weighted by atomic mass is 32.2. The Hall–Kier alpha value is -3.65. The number of anilines is 1. The Balaban J connectivity index is 1.87. The number of carbonyl (C=O) groups is 2. The molecule has 0 aliphatic rings. The van der Waals surface area contributed by atoms with Crippen LogP contribution in [0.15, 0.2) is 78.9 Å². The minimum absolute atomic E-state index is 0.108. The van der Waals surface area contributed by atoms with E-state index in [1.54, 1.807) is 11.0 Å². The van der Waals surface area contributed by atoms with Gasteiger partial charge in [0.2, 0.25) is 21.8 Å². The largest absolute Gasteiger partial charge is 0.354 e. The van der Waals surface area contributed by atoms with Crippen molar-refractivity contribution in [1.82, 2.24) is 10.2 Å². The fraction of sp³-hybridized carbons (Fsp3) is 0.394. The lowest BCUT2D eigenvalue weighted by molar-refractivity contribution is -0.141. The van der Waals surface area contributed by atoms with Gasteiger partial charge in [0.15, 0.2) is 0 Å². The molecule has 0 aromatic heterocycles. The van der Waals surface area contributed by atoms with E-state index >= 15 is 0 Å². The van der Waals surface area contributed by atoms with Crippen LogP contribution in [0.3, 0.4) is 0 Å². The summed E-state index contributed by atoms with van der Waals surface area (Å²) >= 11 is 0. The fourth-order valence-corrected chi connectivity index (χ4v) is 5.81. The van der Waals surface area contributed by atoms with Gasteiger partial charge in [-0.3, -0.25) is 13.9 Å². The molecule has 0 aliphatic carbocycles. The van der Waals surface area contributed by atoms with Crippen molar-refractivity contribution in [2.45, 2.75) is 65.5 Å². The zero-order valence-corrected chi connectivity index (χ0v) is 25.5. The van der Waals surface area contributed by atoms with E-state index in [4.69, 9.17) is 0 Å². The maximum Gasteiger partial charge on any atom is 0.243 e. The van der Waals surface area contributed by atoms with E-state index in [1.165, 1.54) is 10.6 Å². The number of rotatable bonds is 15. The van der Waals surface area contributed by atoms with Gasteiger partial charge in [0.1, 0.15) is 6.04 Å². The number of sulfonamides is 1. The molecule has 0 saturated carbocycles. The van der Waals surface area contributed by atoms with Crippen LogP contribution < -0.4 is 9.62 Å². The highest BCUT2D eigenvalue weighted by Gasteiger charge is 2.30. The van der Waals surface area contributed by atoms with E-state index in [0.29, 0.717) is 25.1 Å². The van der Waals surface area contributed by atoms with E-state index in [-0.39, 0.29) is 31.3 Å². The van der Waals surface area contributed by atoms with Crippen molar-refractivity contribution in [2.24, 2.45) is 0 Å². The highest BCUT2D eigenvalue weighted by molar-refractivity contribution is 7.92. The number of unbranched alkanes of at least 4 members (excludes halogenated alkanes) is 1. The molecule has 2 amide bonds. The molecule has 7 nitrogen and oxygen atoms in total. The van der Waals surface area contributed by atoms with Gasteiger partial charge in [0, 0.05) is 32.5 Å². The summed E-state index contributed by atoms with van der Waals surface area (Å²) in [4.78, 5) is 29.1. The molecule has 220 valence electrons. The Kier molecular flexibility index (Phi) is 12.0. The lowest BCUT2D eigenvalue weighted by Crippen LogP contribution is -2.50. The predicted molar refractivity (Wildman–Crippen MR) is 166 cm³/mol. The lowest BCUT2D eigenvalue weighted by atomic mass is 10.0. The van der Waals surface area contributed by atoms with Crippen LogP contribution in [0.25, 0.3) is 0 Å². The molecular formula is C33H43N3O4S. The number of nitrogens with one attached hydrogen (secondary N) is 1. The molecule has 0 heterocycles. The third-order valence-corrected chi connectivity index (χ3v) is 8.17. The Bertz CT molecular complexity index is 1390. The van der Waals surface area contributed by atoms with Gasteiger partial charge >= 0.3 is 0 Å². The van der Waals surface area contributed by atoms with E-state index in [9.17, 15) is 18.0 Å². The third-order valence-electron chi connectivity index (χ3n) is 6.98. The molecule has 0 spiro atoms. The first kappa shape index (κ1) is 31.9. The van der Waals surface area contributed by atoms with Crippen LogP contribution >= 0.6 is 0 Å². The molecule has 3 rings (SSSR count). The number of aryl methyl sites for hydroxylation is 2. The second-order valence-corrected chi connectivity index (χ2v) is 12.5. The first-order valence-corrected chi connectivity index (χ1v) is 16.1. The van der Waals surface area contributed by atoms with Crippen molar-refractivity contribution >= 4 is 27.5 Å². The summed E-state index contributed by atoms with van der Waals surface area (Å²) < 4.78 is 26.6. The van der Waals surface area contributed by atoms with E-state index in [2.05, 4.69) is 12.2 Å². The van der Waals surface area contributed by atoms with E-state index < -0.39 is 16.1 Å². The second kappa shape index (κ2) is 15.4. The maximum atomic E-state index is 13.9. The molecule has 0 radical (unpaired) electrons. The van der Waals surface area contributed by atoms with Crippen molar-refractivity contribution in [2.75, 3.05) is 23.7 Å². The van der Waals surface area contributed by atoms with Crippen LogP contribution in [0.5, 0.6) is 0 Å². The second-order valence-electron chi connectivity index (χ2n) is 10.6. The van der Waals surface area contributed by atoms with Crippen molar-refractivity contribution in [3.8, 4) is 0 Å². The topological polar surface area (TPSA) is 86.8 Å². The van der Waals surface area contributed by atoms with Crippen molar-refractivity contribution in [1.29, 1.82) is 0 Å². The van der Waals surface area contributed by atoms with Gasteiger partial charge in [-0.15, -0.1) is 0 Å². The number of amides is 2. The molecule has 0 fully saturated rings. The first-order valence-electron chi connectivity index (χ1n) is 14.3. The highest BCUT2D eigenvalue weighted by Crippen LogP contribution is 2.21. The minimum atomic E-state index is -3.55. The van der Waals surface area contributed by atoms with Crippen LogP contribution in [0.2, 0.25) is 0 Å². The summed E-state index contributed by atoms with van der Waals surface area (Å²) in [6.45, 7) is 6.98. The molecule has 0 bridgehead atoms. The SMILES string of the molecule is CCCCNC(=O)[C@@H](Cc1ccccc1)N(Cc1cccc(C)c1)C(=O)CCCN(c1cccc(C)c1)S(C)(=O)=O. The Labute approximate surface area is 245 Å². The standard InChI is InChI=1S/C33H43N3O4S/c1-5-6-20-34-33(38)31(24-28-15-8-7-9-16-28)35(25-29-17-10-13-26(2)22-29)32(37)19-12-21-36(41(4,39)40)30-18-11-14-27(3)23-30/h7-11,13-18,22-23,31H,5-6,12,19-21,24-25H2,1-4H3,(H,34,38)/t31-/m1/s1. The monoisotopic (exact) mass is 577 g/mol. The van der Waals surface area contributed by atoms with Crippen LogP contribution in [-0.2, 0) is 32.6 Å². The molecule has 3 aromatic rings. The minimum Gasteiger partial charge on any atom is -0.354 e.